The van der Waals surface area contributed by atoms with Crippen LogP contribution >= 0.6 is 0 Å². The Kier molecular flexibility index (Phi) is 6.65. The van der Waals surface area contributed by atoms with E-state index < -0.39 is 0 Å². The summed E-state index contributed by atoms with van der Waals surface area (Å²) in [6.07, 6.45) is 0. The molecular formula is C25H30N2O5. The van der Waals surface area contributed by atoms with Crippen molar-refractivity contribution < 1.29 is 23.8 Å². The Morgan fingerprint density at radius 2 is 1.66 bits per heavy atom. The van der Waals surface area contributed by atoms with Crippen LogP contribution in [0.5, 0.6) is 11.5 Å². The zero-order valence-electron chi connectivity index (χ0n) is 18.9. The number of benzene rings is 2. The summed E-state index contributed by atoms with van der Waals surface area (Å²) in [5.41, 5.74) is 2.62. The molecule has 0 unspecified atom stereocenters. The van der Waals surface area contributed by atoms with Crippen molar-refractivity contribution in [3.63, 3.8) is 0 Å². The number of nitrogens with zero attached hydrogens (tertiary/aromatic N) is 2. The second-order valence-corrected chi connectivity index (χ2v) is 8.33. The molecule has 2 aromatic rings. The number of carbonyl (C=O) groups is 2. The number of hydrogen-bond acceptors (Lipinski definition) is 5. The molecule has 0 N–H and O–H groups in total. The number of rotatable bonds is 5. The van der Waals surface area contributed by atoms with E-state index in [1.165, 1.54) is 0 Å². The molecule has 2 fully saturated rings. The van der Waals surface area contributed by atoms with Crippen LogP contribution < -0.4 is 9.47 Å². The second kappa shape index (κ2) is 9.61. The van der Waals surface area contributed by atoms with E-state index in [2.05, 4.69) is 0 Å². The summed E-state index contributed by atoms with van der Waals surface area (Å²) in [5.74, 6) is 0.840. The van der Waals surface area contributed by atoms with E-state index in [4.69, 9.17) is 14.2 Å². The Hall–Kier alpha value is -3.06. The van der Waals surface area contributed by atoms with Crippen molar-refractivity contribution in [1.82, 2.24) is 9.80 Å². The van der Waals surface area contributed by atoms with Gasteiger partial charge in [-0.25, -0.2) is 0 Å². The quantitative estimate of drug-likeness (QED) is 0.718. The van der Waals surface area contributed by atoms with Crippen LogP contribution in [-0.2, 0) is 9.53 Å². The van der Waals surface area contributed by atoms with Gasteiger partial charge in [-0.05, 0) is 37.3 Å². The number of aryl methyl sites for hydroxylation is 1. The topological polar surface area (TPSA) is 68.3 Å². The van der Waals surface area contributed by atoms with Crippen LogP contribution in [0.3, 0.4) is 0 Å². The van der Waals surface area contributed by atoms with E-state index >= 15 is 0 Å². The number of methoxy groups -OCH3 is 2. The number of amides is 2. The highest BCUT2D eigenvalue weighted by Gasteiger charge is 2.43. The number of carbonyl (C=O) groups excluding carboxylic acids is 2. The average molecular weight is 439 g/mol. The normalized spacial score (nSPS) is 20.8. The van der Waals surface area contributed by atoms with Crippen molar-refractivity contribution >= 4 is 11.8 Å². The van der Waals surface area contributed by atoms with Gasteiger partial charge in [0, 0.05) is 43.2 Å². The van der Waals surface area contributed by atoms with E-state index in [0.29, 0.717) is 56.5 Å². The third kappa shape index (κ3) is 4.43. The summed E-state index contributed by atoms with van der Waals surface area (Å²) in [5, 5.41) is 0. The molecule has 0 bridgehead atoms. The summed E-state index contributed by atoms with van der Waals surface area (Å²) in [4.78, 5) is 30.5. The van der Waals surface area contributed by atoms with E-state index in [-0.39, 0.29) is 23.7 Å². The molecule has 2 heterocycles. The van der Waals surface area contributed by atoms with Crippen LogP contribution in [0.1, 0.15) is 27.4 Å². The Morgan fingerprint density at radius 3 is 2.31 bits per heavy atom. The molecule has 2 atom stereocenters. The zero-order valence-corrected chi connectivity index (χ0v) is 18.9. The smallest absolute Gasteiger partial charge is 0.253 e. The largest absolute Gasteiger partial charge is 0.497 e. The van der Waals surface area contributed by atoms with Gasteiger partial charge in [0.05, 0.1) is 33.4 Å². The molecule has 0 aliphatic carbocycles. The predicted octanol–water partition coefficient (Wildman–Crippen LogP) is 2.73. The maximum atomic E-state index is 13.5. The molecule has 2 aromatic carbocycles. The molecule has 0 spiro atoms. The summed E-state index contributed by atoms with van der Waals surface area (Å²) >= 11 is 0. The van der Waals surface area contributed by atoms with Gasteiger partial charge in [0.25, 0.3) is 5.91 Å². The average Bonchev–Trinajstić information content (AvgIpc) is 3.29. The lowest BCUT2D eigenvalue weighted by Crippen LogP contribution is -2.45. The van der Waals surface area contributed by atoms with Gasteiger partial charge >= 0.3 is 0 Å². The van der Waals surface area contributed by atoms with Crippen molar-refractivity contribution in [3.05, 3.63) is 59.2 Å². The third-order valence-electron chi connectivity index (χ3n) is 6.38. The maximum absolute atomic E-state index is 13.5. The maximum Gasteiger partial charge on any atom is 0.253 e. The minimum absolute atomic E-state index is 0.0578. The molecule has 2 aliphatic rings. The van der Waals surface area contributed by atoms with Crippen molar-refractivity contribution in [2.24, 2.45) is 5.92 Å². The lowest BCUT2D eigenvalue weighted by Gasteiger charge is -2.31. The highest BCUT2D eigenvalue weighted by Crippen LogP contribution is 2.40. The zero-order chi connectivity index (χ0) is 22.7. The SMILES string of the molecule is COc1ccc(OC)c([C@@H]2CN(C(=O)c3ccc(C)cc3)C[C@@H]2C(=O)N2CCOCC2)c1. The molecule has 7 heteroatoms. The van der Waals surface area contributed by atoms with Gasteiger partial charge in [-0.15, -0.1) is 0 Å². The molecule has 32 heavy (non-hydrogen) atoms. The minimum Gasteiger partial charge on any atom is -0.497 e. The van der Waals surface area contributed by atoms with E-state index in [0.717, 1.165) is 11.1 Å². The number of hydrogen-bond donors (Lipinski definition) is 0. The van der Waals surface area contributed by atoms with Gasteiger partial charge in [-0.3, -0.25) is 9.59 Å². The molecule has 2 aliphatic heterocycles. The number of morpholine rings is 1. The predicted molar refractivity (Wildman–Crippen MR) is 120 cm³/mol. The molecule has 2 saturated heterocycles. The van der Waals surface area contributed by atoms with Crippen molar-refractivity contribution in [2.45, 2.75) is 12.8 Å². The molecule has 4 rings (SSSR count). The standard InChI is InChI=1S/C25H30N2O5/c1-17-4-6-18(7-5-17)24(28)27-15-21(20-14-19(30-2)8-9-23(20)31-3)22(16-27)25(29)26-10-12-32-13-11-26/h4-9,14,21-22H,10-13,15-16H2,1-3H3/t21-,22-/m0/s1. The fourth-order valence-corrected chi connectivity index (χ4v) is 4.56. The number of likely N-dealkylation sites (tertiary alicyclic amines) is 1. The first-order valence-electron chi connectivity index (χ1n) is 11.0. The Bertz CT molecular complexity index is 969. The fraction of sp³-hybridized carbons (Fsp3) is 0.440. The lowest BCUT2D eigenvalue weighted by atomic mass is 9.87. The van der Waals surface area contributed by atoms with Crippen LogP contribution in [0.2, 0.25) is 0 Å². The molecule has 0 aromatic heterocycles. The highest BCUT2D eigenvalue weighted by molar-refractivity contribution is 5.95. The summed E-state index contributed by atoms with van der Waals surface area (Å²) in [7, 11) is 3.23. The van der Waals surface area contributed by atoms with Crippen molar-refractivity contribution in [3.8, 4) is 11.5 Å². The van der Waals surface area contributed by atoms with Crippen LogP contribution in [0.15, 0.2) is 42.5 Å². The number of ether oxygens (including phenoxy) is 3. The minimum atomic E-state index is -0.358. The molecule has 0 saturated carbocycles. The highest BCUT2D eigenvalue weighted by atomic mass is 16.5. The van der Waals surface area contributed by atoms with E-state index in [9.17, 15) is 9.59 Å². The van der Waals surface area contributed by atoms with E-state index in [1.54, 1.807) is 19.1 Å². The van der Waals surface area contributed by atoms with Crippen LogP contribution in [0.25, 0.3) is 0 Å². The first-order chi connectivity index (χ1) is 15.5. The first-order valence-corrected chi connectivity index (χ1v) is 11.0. The summed E-state index contributed by atoms with van der Waals surface area (Å²) in [6, 6.07) is 13.2. The summed E-state index contributed by atoms with van der Waals surface area (Å²) in [6.45, 7) is 5.03. The molecule has 7 nitrogen and oxygen atoms in total. The molecule has 2 amide bonds. The molecule has 170 valence electrons. The van der Waals surface area contributed by atoms with Gasteiger partial charge in [-0.2, -0.15) is 0 Å². The van der Waals surface area contributed by atoms with Crippen molar-refractivity contribution in [2.75, 3.05) is 53.6 Å². The van der Waals surface area contributed by atoms with E-state index in [1.807, 2.05) is 54.3 Å². The van der Waals surface area contributed by atoms with Crippen molar-refractivity contribution in [1.29, 1.82) is 0 Å². The van der Waals surface area contributed by atoms with Gasteiger partial charge in [-0.1, -0.05) is 17.7 Å². The van der Waals surface area contributed by atoms with Gasteiger partial charge in [0.15, 0.2) is 0 Å². The lowest BCUT2D eigenvalue weighted by molar-refractivity contribution is -0.139. The Labute approximate surface area is 188 Å². The van der Waals surface area contributed by atoms with Gasteiger partial charge < -0.3 is 24.0 Å². The monoisotopic (exact) mass is 438 g/mol. The Morgan fingerprint density at radius 1 is 0.938 bits per heavy atom. The van der Waals surface area contributed by atoms with Crippen LogP contribution in [-0.4, -0.2) is 75.2 Å². The molecule has 0 radical (unpaired) electrons. The Balaban J connectivity index is 1.67. The first kappa shape index (κ1) is 22.1. The second-order valence-electron chi connectivity index (χ2n) is 8.33. The van der Waals surface area contributed by atoms with Crippen LogP contribution in [0.4, 0.5) is 0 Å². The summed E-state index contributed by atoms with van der Waals surface area (Å²) < 4.78 is 16.5. The van der Waals surface area contributed by atoms with Gasteiger partial charge in [0.2, 0.25) is 5.91 Å². The molecular weight excluding hydrogens is 408 g/mol. The fourth-order valence-electron chi connectivity index (χ4n) is 4.56. The van der Waals surface area contributed by atoms with Crippen LogP contribution in [0, 0.1) is 12.8 Å². The third-order valence-corrected chi connectivity index (χ3v) is 6.38. The van der Waals surface area contributed by atoms with Gasteiger partial charge in [0.1, 0.15) is 11.5 Å².